The van der Waals surface area contributed by atoms with Gasteiger partial charge in [-0.15, -0.1) is 12.4 Å². The molecule has 1 aromatic rings. The highest BCUT2D eigenvalue weighted by Crippen LogP contribution is 2.11. The highest BCUT2D eigenvalue weighted by atomic mass is 79.9. The van der Waals surface area contributed by atoms with Crippen LogP contribution in [0.4, 0.5) is 0 Å². The number of rotatable bonds is 5. The Kier molecular flexibility index (Phi) is 7.52. The maximum absolute atomic E-state index is 11.6. The van der Waals surface area contributed by atoms with Crippen LogP contribution in [0.25, 0.3) is 0 Å². The van der Waals surface area contributed by atoms with E-state index in [0.29, 0.717) is 13.0 Å². The lowest BCUT2D eigenvalue weighted by Gasteiger charge is -2.18. The summed E-state index contributed by atoms with van der Waals surface area (Å²) in [5.41, 5.74) is 6.60. The Balaban J connectivity index is 0.00000289. The third-order valence-electron chi connectivity index (χ3n) is 2.30. The van der Waals surface area contributed by atoms with Gasteiger partial charge in [0.2, 0.25) is 5.91 Å². The van der Waals surface area contributed by atoms with Crippen LogP contribution in [0.2, 0.25) is 0 Å². The second-order valence-corrected chi connectivity index (χ2v) is 5.81. The van der Waals surface area contributed by atoms with Crippen molar-refractivity contribution in [1.29, 1.82) is 0 Å². The number of halogens is 2. The number of nitrogens with two attached hydrogens (primary N) is 1. The van der Waals surface area contributed by atoms with E-state index >= 15 is 0 Å². The highest BCUT2D eigenvalue weighted by Gasteiger charge is 2.11. The van der Waals surface area contributed by atoms with Gasteiger partial charge in [0.15, 0.2) is 0 Å². The van der Waals surface area contributed by atoms with Crippen molar-refractivity contribution in [2.45, 2.75) is 32.2 Å². The van der Waals surface area contributed by atoms with Gasteiger partial charge >= 0.3 is 0 Å². The largest absolute Gasteiger partial charge is 0.354 e. The molecular weight excluding hydrogens is 316 g/mol. The molecule has 0 fully saturated rings. The number of amides is 1. The highest BCUT2D eigenvalue weighted by molar-refractivity contribution is 9.10. The van der Waals surface area contributed by atoms with Crippen LogP contribution >= 0.6 is 28.3 Å². The van der Waals surface area contributed by atoms with Crippen molar-refractivity contribution in [1.82, 2.24) is 5.32 Å². The smallest absolute Gasteiger partial charge is 0.220 e. The molecule has 0 saturated carbocycles. The van der Waals surface area contributed by atoms with Crippen molar-refractivity contribution in [3.63, 3.8) is 0 Å². The van der Waals surface area contributed by atoms with Gasteiger partial charge in [-0.1, -0.05) is 28.1 Å². The molecule has 1 amide bonds. The maximum atomic E-state index is 11.6. The van der Waals surface area contributed by atoms with Gasteiger partial charge in [-0.3, -0.25) is 4.79 Å². The van der Waals surface area contributed by atoms with Gasteiger partial charge < -0.3 is 11.1 Å². The van der Waals surface area contributed by atoms with Gasteiger partial charge in [-0.05, 0) is 38.0 Å². The third kappa shape index (κ3) is 7.69. The summed E-state index contributed by atoms with van der Waals surface area (Å²) in [6.45, 7) is 4.29. The van der Waals surface area contributed by atoms with E-state index < -0.39 is 0 Å². The molecule has 5 heteroatoms. The first-order valence-electron chi connectivity index (χ1n) is 5.67. The fraction of sp³-hybridized carbons (Fsp3) is 0.462. The molecule has 0 radical (unpaired) electrons. The van der Waals surface area contributed by atoms with E-state index in [1.807, 2.05) is 38.1 Å². The topological polar surface area (TPSA) is 55.1 Å². The molecule has 0 aromatic heterocycles. The van der Waals surface area contributed by atoms with Crippen LogP contribution in [0.3, 0.4) is 0 Å². The summed E-state index contributed by atoms with van der Waals surface area (Å²) in [6, 6.07) is 8.00. The van der Waals surface area contributed by atoms with Crippen molar-refractivity contribution < 1.29 is 4.79 Å². The molecule has 0 aliphatic heterocycles. The summed E-state index contributed by atoms with van der Waals surface area (Å²) < 4.78 is 1.05. The van der Waals surface area contributed by atoms with Crippen LogP contribution in [0.15, 0.2) is 28.7 Å². The van der Waals surface area contributed by atoms with Gasteiger partial charge in [0.1, 0.15) is 0 Å². The number of aryl methyl sites for hydroxylation is 1. The first kappa shape index (κ1) is 17.4. The van der Waals surface area contributed by atoms with Crippen molar-refractivity contribution >= 4 is 34.2 Å². The van der Waals surface area contributed by atoms with E-state index in [2.05, 4.69) is 21.2 Å². The predicted molar refractivity (Wildman–Crippen MR) is 81.0 cm³/mol. The van der Waals surface area contributed by atoms with Crippen molar-refractivity contribution in [2.24, 2.45) is 5.73 Å². The van der Waals surface area contributed by atoms with Gasteiger partial charge in [0, 0.05) is 23.0 Å². The lowest BCUT2D eigenvalue weighted by Crippen LogP contribution is -2.45. The summed E-state index contributed by atoms with van der Waals surface area (Å²) >= 11 is 3.38. The minimum Gasteiger partial charge on any atom is -0.354 e. The average Bonchev–Trinajstić information content (AvgIpc) is 2.25. The molecule has 1 aromatic carbocycles. The summed E-state index contributed by atoms with van der Waals surface area (Å²) in [4.78, 5) is 11.6. The second-order valence-electron chi connectivity index (χ2n) is 4.89. The monoisotopic (exact) mass is 334 g/mol. The molecular formula is C13H20BrClN2O. The number of carbonyl (C=O) groups excluding carboxylic acids is 1. The van der Waals surface area contributed by atoms with Crippen LogP contribution in [-0.2, 0) is 11.2 Å². The summed E-state index contributed by atoms with van der Waals surface area (Å²) in [5.74, 6) is 0.0476. The lowest BCUT2D eigenvalue weighted by atomic mass is 10.1. The Morgan fingerprint density at radius 1 is 1.33 bits per heavy atom. The molecule has 0 aliphatic carbocycles. The Hall–Kier alpha value is -0.580. The Labute approximate surface area is 123 Å². The van der Waals surface area contributed by atoms with Gasteiger partial charge in [-0.25, -0.2) is 0 Å². The average molecular weight is 336 g/mol. The first-order chi connectivity index (χ1) is 7.87. The molecule has 0 heterocycles. The van der Waals surface area contributed by atoms with Gasteiger partial charge in [0.05, 0.1) is 0 Å². The van der Waals surface area contributed by atoms with E-state index in [0.717, 1.165) is 16.5 Å². The van der Waals surface area contributed by atoms with Crippen LogP contribution < -0.4 is 11.1 Å². The molecule has 0 aliphatic rings. The minimum absolute atomic E-state index is 0. The zero-order valence-corrected chi connectivity index (χ0v) is 13.1. The number of nitrogens with one attached hydrogen (secondary N) is 1. The number of benzene rings is 1. The summed E-state index contributed by atoms with van der Waals surface area (Å²) in [6.07, 6.45) is 1.25. The molecule has 18 heavy (non-hydrogen) atoms. The van der Waals surface area contributed by atoms with Gasteiger partial charge in [0.25, 0.3) is 0 Å². The molecule has 102 valence electrons. The fourth-order valence-electron chi connectivity index (χ4n) is 1.32. The molecule has 0 saturated heterocycles. The third-order valence-corrected chi connectivity index (χ3v) is 2.82. The molecule has 0 atom stereocenters. The Morgan fingerprint density at radius 2 is 1.89 bits per heavy atom. The first-order valence-corrected chi connectivity index (χ1v) is 6.46. The number of hydrogen-bond acceptors (Lipinski definition) is 2. The van der Waals surface area contributed by atoms with E-state index in [1.165, 1.54) is 0 Å². The van der Waals surface area contributed by atoms with Crippen LogP contribution in [0.5, 0.6) is 0 Å². The molecule has 0 unspecified atom stereocenters. The standard InChI is InChI=1S/C13H19BrN2O.ClH/c1-13(2,15)9-16-12(17)8-5-10-3-6-11(14)7-4-10;/h3-4,6-7H,5,8-9,15H2,1-2H3,(H,16,17);1H. The normalized spacial score (nSPS) is 10.7. The summed E-state index contributed by atoms with van der Waals surface area (Å²) in [5, 5.41) is 2.83. The zero-order valence-electron chi connectivity index (χ0n) is 10.7. The molecule has 0 spiro atoms. The zero-order chi connectivity index (χ0) is 12.9. The van der Waals surface area contributed by atoms with Crippen LogP contribution in [0, 0.1) is 0 Å². The lowest BCUT2D eigenvalue weighted by molar-refractivity contribution is -0.121. The molecule has 1 rings (SSSR count). The van der Waals surface area contributed by atoms with Gasteiger partial charge in [-0.2, -0.15) is 0 Å². The second kappa shape index (κ2) is 7.77. The van der Waals surface area contributed by atoms with E-state index in [-0.39, 0.29) is 23.9 Å². The van der Waals surface area contributed by atoms with E-state index in [1.54, 1.807) is 0 Å². The SMILES string of the molecule is CC(C)(N)CNC(=O)CCc1ccc(Br)cc1.Cl. The maximum Gasteiger partial charge on any atom is 0.220 e. The fourth-order valence-corrected chi connectivity index (χ4v) is 1.59. The van der Waals surface area contributed by atoms with Crippen LogP contribution in [0.1, 0.15) is 25.8 Å². The van der Waals surface area contributed by atoms with Crippen LogP contribution in [-0.4, -0.2) is 18.0 Å². The Morgan fingerprint density at radius 3 is 2.39 bits per heavy atom. The summed E-state index contributed by atoms with van der Waals surface area (Å²) in [7, 11) is 0. The molecule has 3 nitrogen and oxygen atoms in total. The number of hydrogen-bond donors (Lipinski definition) is 2. The van der Waals surface area contributed by atoms with Crippen molar-refractivity contribution in [3.8, 4) is 0 Å². The Bertz CT molecular complexity index is 374. The van der Waals surface area contributed by atoms with E-state index in [9.17, 15) is 4.79 Å². The van der Waals surface area contributed by atoms with E-state index in [4.69, 9.17) is 5.73 Å². The van der Waals surface area contributed by atoms with Crippen molar-refractivity contribution in [3.05, 3.63) is 34.3 Å². The molecule has 3 N–H and O–H groups in total. The minimum atomic E-state index is -0.354. The molecule has 0 bridgehead atoms. The quantitative estimate of drug-likeness (QED) is 0.869. The van der Waals surface area contributed by atoms with Crippen molar-refractivity contribution in [2.75, 3.05) is 6.54 Å². The number of carbonyl (C=O) groups is 1. The predicted octanol–water partition coefficient (Wildman–Crippen LogP) is 2.66.